The minimum Gasteiger partial charge on any atom is -0.321 e. The highest BCUT2D eigenvalue weighted by atomic mass is 79.9. The number of nitriles is 1. The predicted octanol–water partition coefficient (Wildman–Crippen LogP) is 4.57. The maximum atomic E-state index is 12.6. The van der Waals surface area contributed by atoms with E-state index in [1.807, 2.05) is 61.7 Å². The Kier molecular flexibility index (Phi) is 4.92. The van der Waals surface area contributed by atoms with Crippen molar-refractivity contribution in [2.75, 3.05) is 5.32 Å². The lowest BCUT2D eigenvalue weighted by Crippen LogP contribution is -2.15. The molecule has 0 saturated carbocycles. The Morgan fingerprint density at radius 3 is 2.62 bits per heavy atom. The summed E-state index contributed by atoms with van der Waals surface area (Å²) in [6, 6.07) is 9.73. The van der Waals surface area contributed by atoms with E-state index in [0.717, 1.165) is 32.5 Å². The second kappa shape index (κ2) is 7.14. The molecule has 1 aromatic carbocycles. The minimum absolute atomic E-state index is 0.0196. The van der Waals surface area contributed by atoms with Gasteiger partial charge in [-0.2, -0.15) is 5.26 Å². The van der Waals surface area contributed by atoms with Crippen LogP contribution in [0.25, 0.3) is 11.7 Å². The SMILES string of the molecule is Cc1cc(C)c(NC(=O)/C(C#N)=C\c2cnc3ccc(Br)cn23)c(C)c1. The largest absolute Gasteiger partial charge is 0.321 e. The molecular formula is C20H17BrN4O. The van der Waals surface area contributed by atoms with E-state index in [-0.39, 0.29) is 5.57 Å². The van der Waals surface area contributed by atoms with E-state index < -0.39 is 5.91 Å². The van der Waals surface area contributed by atoms with Crippen molar-refractivity contribution in [2.24, 2.45) is 0 Å². The van der Waals surface area contributed by atoms with Gasteiger partial charge in [0.1, 0.15) is 17.3 Å². The van der Waals surface area contributed by atoms with Gasteiger partial charge in [0, 0.05) is 16.4 Å². The third-order valence-electron chi connectivity index (χ3n) is 4.07. The minimum atomic E-state index is -0.438. The van der Waals surface area contributed by atoms with Crippen LogP contribution in [-0.2, 0) is 4.79 Å². The van der Waals surface area contributed by atoms with Gasteiger partial charge >= 0.3 is 0 Å². The standard InChI is InChI=1S/C20H17BrN4O/c1-12-6-13(2)19(14(3)7-12)24-20(26)15(9-22)8-17-10-23-18-5-4-16(21)11-25(17)18/h4-8,10-11H,1-3H3,(H,24,26)/b15-8-. The van der Waals surface area contributed by atoms with E-state index in [2.05, 4.69) is 26.2 Å². The molecule has 0 saturated heterocycles. The van der Waals surface area contributed by atoms with Crippen LogP contribution in [0.1, 0.15) is 22.4 Å². The molecule has 6 heteroatoms. The number of rotatable bonds is 3. The number of halogens is 1. The van der Waals surface area contributed by atoms with E-state index in [1.165, 1.54) is 0 Å². The van der Waals surface area contributed by atoms with Crippen molar-refractivity contribution < 1.29 is 4.79 Å². The van der Waals surface area contributed by atoms with Crippen molar-refractivity contribution in [3.8, 4) is 6.07 Å². The first-order valence-electron chi connectivity index (χ1n) is 8.02. The number of aryl methyl sites for hydroxylation is 3. The average Bonchev–Trinajstić information content (AvgIpc) is 2.97. The van der Waals surface area contributed by atoms with Gasteiger partial charge in [-0.05, 0) is 66.0 Å². The molecule has 2 heterocycles. The van der Waals surface area contributed by atoms with Gasteiger partial charge in [-0.15, -0.1) is 0 Å². The zero-order valence-corrected chi connectivity index (χ0v) is 16.3. The number of benzene rings is 1. The summed E-state index contributed by atoms with van der Waals surface area (Å²) < 4.78 is 2.70. The van der Waals surface area contributed by atoms with Gasteiger partial charge in [-0.25, -0.2) is 4.98 Å². The molecule has 2 aromatic heterocycles. The number of carbonyl (C=O) groups is 1. The summed E-state index contributed by atoms with van der Waals surface area (Å²) in [6.07, 6.45) is 5.02. The number of imidazole rings is 1. The number of hydrogen-bond acceptors (Lipinski definition) is 3. The second-order valence-electron chi connectivity index (χ2n) is 6.16. The van der Waals surface area contributed by atoms with Gasteiger partial charge in [-0.1, -0.05) is 17.7 Å². The monoisotopic (exact) mass is 408 g/mol. The number of carbonyl (C=O) groups excluding carboxylic acids is 1. The molecule has 26 heavy (non-hydrogen) atoms. The van der Waals surface area contributed by atoms with Gasteiger partial charge in [0.25, 0.3) is 5.91 Å². The summed E-state index contributed by atoms with van der Waals surface area (Å²) >= 11 is 3.42. The molecule has 0 fully saturated rings. The van der Waals surface area contributed by atoms with Crippen LogP contribution >= 0.6 is 15.9 Å². The molecular weight excluding hydrogens is 392 g/mol. The molecule has 0 bridgehead atoms. The highest BCUT2D eigenvalue weighted by molar-refractivity contribution is 9.10. The lowest BCUT2D eigenvalue weighted by molar-refractivity contribution is -0.112. The number of aromatic nitrogens is 2. The Morgan fingerprint density at radius 2 is 1.96 bits per heavy atom. The van der Waals surface area contributed by atoms with E-state index in [4.69, 9.17) is 0 Å². The van der Waals surface area contributed by atoms with Crippen molar-refractivity contribution in [3.63, 3.8) is 0 Å². The molecule has 0 radical (unpaired) electrons. The number of nitrogens with one attached hydrogen (secondary N) is 1. The molecule has 0 spiro atoms. The number of hydrogen-bond donors (Lipinski definition) is 1. The van der Waals surface area contributed by atoms with Crippen LogP contribution in [0.4, 0.5) is 5.69 Å². The van der Waals surface area contributed by atoms with Crippen LogP contribution < -0.4 is 5.32 Å². The third kappa shape index (κ3) is 3.53. The summed E-state index contributed by atoms with van der Waals surface area (Å²) in [5.41, 5.74) is 5.21. The Balaban J connectivity index is 1.96. The molecule has 130 valence electrons. The van der Waals surface area contributed by atoms with Gasteiger partial charge < -0.3 is 5.32 Å². The Hall–Kier alpha value is -2.91. The summed E-state index contributed by atoms with van der Waals surface area (Å²) in [5, 5.41) is 12.3. The first-order chi connectivity index (χ1) is 12.4. The average molecular weight is 409 g/mol. The van der Waals surface area contributed by atoms with Crippen LogP contribution in [0.2, 0.25) is 0 Å². The van der Waals surface area contributed by atoms with Crippen LogP contribution in [0.5, 0.6) is 0 Å². The molecule has 3 rings (SSSR count). The first-order valence-corrected chi connectivity index (χ1v) is 8.82. The highest BCUT2D eigenvalue weighted by Gasteiger charge is 2.14. The van der Waals surface area contributed by atoms with Crippen LogP contribution in [0.3, 0.4) is 0 Å². The molecule has 0 aliphatic rings. The molecule has 1 N–H and O–H groups in total. The van der Waals surface area contributed by atoms with Crippen LogP contribution in [0, 0.1) is 32.1 Å². The molecule has 0 aliphatic heterocycles. The summed E-state index contributed by atoms with van der Waals surface area (Å²) in [7, 11) is 0. The van der Waals surface area contributed by atoms with E-state index in [0.29, 0.717) is 5.69 Å². The fraction of sp³-hybridized carbons (Fsp3) is 0.150. The quantitative estimate of drug-likeness (QED) is 0.509. The van der Waals surface area contributed by atoms with Gasteiger partial charge in [0.05, 0.1) is 11.9 Å². The zero-order chi connectivity index (χ0) is 18.8. The number of nitrogens with zero attached hydrogens (tertiary/aromatic N) is 3. The molecule has 0 aliphatic carbocycles. The lowest BCUT2D eigenvalue weighted by atomic mass is 10.0. The van der Waals surface area contributed by atoms with Crippen LogP contribution in [0.15, 0.2) is 46.7 Å². The third-order valence-corrected chi connectivity index (χ3v) is 4.54. The number of fused-ring (bicyclic) bond motifs is 1. The van der Waals surface area contributed by atoms with Crippen molar-refractivity contribution in [1.29, 1.82) is 5.26 Å². The van der Waals surface area contributed by atoms with Crippen LogP contribution in [-0.4, -0.2) is 15.3 Å². The van der Waals surface area contributed by atoms with E-state index in [9.17, 15) is 10.1 Å². The smallest absolute Gasteiger partial charge is 0.266 e. The van der Waals surface area contributed by atoms with Crippen molar-refractivity contribution >= 4 is 39.2 Å². The van der Waals surface area contributed by atoms with Crippen molar-refractivity contribution in [2.45, 2.75) is 20.8 Å². The summed E-state index contributed by atoms with van der Waals surface area (Å²) in [6.45, 7) is 5.88. The zero-order valence-electron chi connectivity index (χ0n) is 14.7. The number of pyridine rings is 1. The highest BCUT2D eigenvalue weighted by Crippen LogP contribution is 2.23. The van der Waals surface area contributed by atoms with E-state index in [1.54, 1.807) is 12.3 Å². The Morgan fingerprint density at radius 1 is 1.27 bits per heavy atom. The van der Waals surface area contributed by atoms with Gasteiger partial charge in [0.15, 0.2) is 0 Å². The molecule has 0 atom stereocenters. The Labute approximate surface area is 160 Å². The molecule has 3 aromatic rings. The predicted molar refractivity (Wildman–Crippen MR) is 106 cm³/mol. The van der Waals surface area contributed by atoms with Crippen molar-refractivity contribution in [3.05, 3.63) is 69.1 Å². The maximum absolute atomic E-state index is 12.6. The van der Waals surface area contributed by atoms with Gasteiger partial charge in [-0.3, -0.25) is 9.20 Å². The lowest BCUT2D eigenvalue weighted by Gasteiger charge is -2.12. The fourth-order valence-electron chi connectivity index (χ4n) is 2.93. The van der Waals surface area contributed by atoms with E-state index >= 15 is 0 Å². The molecule has 5 nitrogen and oxygen atoms in total. The van der Waals surface area contributed by atoms with Crippen molar-refractivity contribution in [1.82, 2.24) is 9.38 Å². The summed E-state index contributed by atoms with van der Waals surface area (Å²) in [4.78, 5) is 16.9. The molecule has 0 unspecified atom stereocenters. The maximum Gasteiger partial charge on any atom is 0.266 e. The number of anilines is 1. The first kappa shape index (κ1) is 17.9. The number of amides is 1. The summed E-state index contributed by atoms with van der Waals surface area (Å²) in [5.74, 6) is -0.438. The normalized spacial score (nSPS) is 11.4. The topological polar surface area (TPSA) is 70.2 Å². The fourth-order valence-corrected chi connectivity index (χ4v) is 3.27. The second-order valence-corrected chi connectivity index (χ2v) is 7.07. The van der Waals surface area contributed by atoms with Gasteiger partial charge in [0.2, 0.25) is 0 Å². The molecule has 1 amide bonds. The Bertz CT molecular complexity index is 1070.